The van der Waals surface area contributed by atoms with Crippen LogP contribution >= 0.6 is 0 Å². The minimum Gasteiger partial charge on any atom is -0.497 e. The second kappa shape index (κ2) is 9.30. The van der Waals surface area contributed by atoms with Crippen molar-refractivity contribution in [3.05, 3.63) is 105 Å². The number of anilines is 2. The molecule has 0 radical (unpaired) electrons. The predicted molar refractivity (Wildman–Crippen MR) is 136 cm³/mol. The van der Waals surface area contributed by atoms with Crippen molar-refractivity contribution < 1.29 is 19.2 Å². The highest BCUT2D eigenvalue weighted by molar-refractivity contribution is 6.06. The SMILES string of the molecule is COc1ccc([C@@H]2CC(=O)C3=C(C2)Nc2ccccc2N(C(C)=O)[C@@H]3c2cccc([N+](=O)[O-])c2)cc1. The van der Waals surface area contributed by atoms with Gasteiger partial charge in [0.2, 0.25) is 5.91 Å². The van der Waals surface area contributed by atoms with Crippen LogP contribution in [0, 0.1) is 10.1 Å². The lowest BCUT2D eigenvalue weighted by atomic mass is 9.78. The van der Waals surface area contributed by atoms with Crippen LogP contribution in [0.15, 0.2) is 84.1 Å². The number of benzene rings is 3. The first kappa shape index (κ1) is 23.3. The van der Waals surface area contributed by atoms with E-state index in [0.29, 0.717) is 28.9 Å². The Hall–Kier alpha value is -4.46. The molecule has 1 aliphatic carbocycles. The third-order valence-electron chi connectivity index (χ3n) is 6.81. The summed E-state index contributed by atoms with van der Waals surface area (Å²) in [6.45, 7) is 1.44. The van der Waals surface area contributed by atoms with Crippen LogP contribution in [0.25, 0.3) is 0 Å². The maximum atomic E-state index is 13.8. The fourth-order valence-electron chi connectivity index (χ4n) is 5.17. The number of allylic oxidation sites excluding steroid dienone is 1. The number of non-ortho nitro benzene ring substituents is 1. The van der Waals surface area contributed by atoms with Gasteiger partial charge in [0.15, 0.2) is 5.78 Å². The van der Waals surface area contributed by atoms with Crippen LogP contribution in [0.2, 0.25) is 0 Å². The van der Waals surface area contributed by atoms with Crippen molar-refractivity contribution in [2.24, 2.45) is 0 Å². The van der Waals surface area contributed by atoms with Crippen LogP contribution < -0.4 is 15.0 Å². The number of rotatable bonds is 4. The first-order valence-electron chi connectivity index (χ1n) is 11.7. The molecule has 8 heteroatoms. The van der Waals surface area contributed by atoms with E-state index in [0.717, 1.165) is 17.0 Å². The van der Waals surface area contributed by atoms with Crippen molar-refractivity contribution in [2.75, 3.05) is 17.3 Å². The Labute approximate surface area is 208 Å². The topological polar surface area (TPSA) is 102 Å². The molecule has 5 rings (SSSR count). The number of methoxy groups -OCH3 is 1. The monoisotopic (exact) mass is 483 g/mol. The van der Waals surface area contributed by atoms with Crippen molar-refractivity contribution in [2.45, 2.75) is 31.7 Å². The summed E-state index contributed by atoms with van der Waals surface area (Å²) in [5, 5.41) is 15.0. The highest BCUT2D eigenvalue weighted by atomic mass is 16.6. The average Bonchev–Trinajstić information content (AvgIpc) is 3.03. The molecule has 2 atom stereocenters. The smallest absolute Gasteiger partial charge is 0.269 e. The van der Waals surface area contributed by atoms with Gasteiger partial charge in [-0.1, -0.05) is 36.4 Å². The lowest BCUT2D eigenvalue weighted by molar-refractivity contribution is -0.384. The number of nitro benzene ring substituents is 1. The number of ketones is 1. The zero-order chi connectivity index (χ0) is 25.4. The summed E-state index contributed by atoms with van der Waals surface area (Å²) < 4.78 is 5.27. The number of hydrogen-bond acceptors (Lipinski definition) is 6. The number of para-hydroxylation sites is 2. The van der Waals surface area contributed by atoms with Crippen molar-refractivity contribution in [1.82, 2.24) is 0 Å². The minimum atomic E-state index is -0.794. The average molecular weight is 484 g/mol. The lowest BCUT2D eigenvalue weighted by Crippen LogP contribution is -2.37. The van der Waals surface area contributed by atoms with Gasteiger partial charge in [-0.05, 0) is 47.7 Å². The first-order chi connectivity index (χ1) is 17.4. The van der Waals surface area contributed by atoms with E-state index in [9.17, 15) is 19.7 Å². The fourth-order valence-corrected chi connectivity index (χ4v) is 5.17. The van der Waals surface area contributed by atoms with Gasteiger partial charge in [0.05, 0.1) is 29.4 Å². The molecule has 0 saturated carbocycles. The summed E-state index contributed by atoms with van der Waals surface area (Å²) in [4.78, 5) is 39.5. The van der Waals surface area contributed by atoms with Gasteiger partial charge < -0.3 is 10.1 Å². The van der Waals surface area contributed by atoms with Crippen molar-refractivity contribution in [1.29, 1.82) is 0 Å². The zero-order valence-electron chi connectivity index (χ0n) is 19.9. The number of carbonyl (C=O) groups excluding carboxylic acids is 2. The van der Waals surface area contributed by atoms with Crippen LogP contribution in [0.3, 0.4) is 0 Å². The van der Waals surface area contributed by atoms with E-state index in [2.05, 4.69) is 5.32 Å². The van der Waals surface area contributed by atoms with Gasteiger partial charge >= 0.3 is 0 Å². The molecule has 1 aliphatic heterocycles. The van der Waals surface area contributed by atoms with Crippen LogP contribution in [0.1, 0.15) is 42.9 Å². The highest BCUT2D eigenvalue weighted by Crippen LogP contribution is 2.47. The van der Waals surface area contributed by atoms with E-state index in [-0.39, 0.29) is 29.7 Å². The molecule has 1 N–H and O–H groups in total. The number of nitro groups is 1. The summed E-state index contributed by atoms with van der Waals surface area (Å²) in [7, 11) is 1.61. The molecular weight excluding hydrogens is 458 g/mol. The van der Waals surface area contributed by atoms with Crippen molar-refractivity contribution >= 4 is 28.8 Å². The largest absolute Gasteiger partial charge is 0.497 e. The van der Waals surface area contributed by atoms with E-state index >= 15 is 0 Å². The molecule has 0 spiro atoms. The molecule has 8 nitrogen and oxygen atoms in total. The van der Waals surface area contributed by atoms with Crippen molar-refractivity contribution in [3.63, 3.8) is 0 Å². The van der Waals surface area contributed by atoms with Gasteiger partial charge in [-0.15, -0.1) is 0 Å². The predicted octanol–water partition coefficient (Wildman–Crippen LogP) is 5.52. The summed E-state index contributed by atoms with van der Waals surface area (Å²) in [6, 6.07) is 20.4. The van der Waals surface area contributed by atoms with Gasteiger partial charge in [-0.2, -0.15) is 0 Å². The van der Waals surface area contributed by atoms with Crippen molar-refractivity contribution in [3.8, 4) is 5.75 Å². The third kappa shape index (κ3) is 4.11. The maximum absolute atomic E-state index is 13.8. The van der Waals surface area contributed by atoms with E-state index < -0.39 is 11.0 Å². The van der Waals surface area contributed by atoms with Gasteiger partial charge in [0.25, 0.3) is 5.69 Å². The van der Waals surface area contributed by atoms with E-state index in [1.807, 2.05) is 48.5 Å². The maximum Gasteiger partial charge on any atom is 0.269 e. The third-order valence-corrected chi connectivity index (χ3v) is 6.81. The molecule has 36 heavy (non-hydrogen) atoms. The Bertz CT molecular complexity index is 1400. The molecule has 1 heterocycles. The molecule has 0 unspecified atom stereocenters. The molecular formula is C28H25N3O5. The van der Waals surface area contributed by atoms with E-state index in [1.165, 1.54) is 19.1 Å². The summed E-state index contributed by atoms with van der Waals surface area (Å²) in [6.07, 6.45) is 0.819. The molecule has 1 amide bonds. The quantitative estimate of drug-likeness (QED) is 0.387. The molecule has 3 aromatic rings. The van der Waals surface area contributed by atoms with E-state index in [1.54, 1.807) is 24.1 Å². The molecule has 0 bridgehead atoms. The Morgan fingerprint density at radius 1 is 1.03 bits per heavy atom. The van der Waals surface area contributed by atoms with Gasteiger partial charge in [-0.3, -0.25) is 24.6 Å². The van der Waals surface area contributed by atoms with Crippen LogP contribution in [0.5, 0.6) is 5.75 Å². The number of fused-ring (bicyclic) bond motifs is 1. The minimum absolute atomic E-state index is 0.0588. The number of nitrogens with zero attached hydrogens (tertiary/aromatic N) is 2. The standard InChI is InChI=1S/C28H25N3O5/c1-17(32)30-25-9-4-3-8-23(25)29-24-15-20(18-10-12-22(36-2)13-11-18)16-26(33)27(24)28(30)19-6-5-7-21(14-19)31(34)35/h3-14,20,28-29H,15-16H2,1-2H3/t20-,28+/m0/s1. The number of Topliss-reactive ketones (excluding diaryl/α,β-unsaturated/α-hetero) is 1. The van der Waals surface area contributed by atoms with Crippen LogP contribution in [-0.4, -0.2) is 23.7 Å². The lowest BCUT2D eigenvalue weighted by Gasteiger charge is -2.34. The first-order valence-corrected chi connectivity index (χ1v) is 11.7. The summed E-state index contributed by atoms with van der Waals surface area (Å²) in [5.41, 5.74) is 3.95. The fraction of sp³-hybridized carbons (Fsp3) is 0.214. The highest BCUT2D eigenvalue weighted by Gasteiger charge is 2.41. The second-order valence-corrected chi connectivity index (χ2v) is 8.98. The normalized spacial score (nSPS) is 19.1. The van der Waals surface area contributed by atoms with Crippen LogP contribution in [-0.2, 0) is 9.59 Å². The molecule has 2 aliphatic rings. The number of carbonyl (C=O) groups is 2. The molecule has 0 saturated heterocycles. The number of nitrogens with one attached hydrogen (secondary N) is 1. The number of ether oxygens (including phenoxy) is 1. The van der Waals surface area contributed by atoms with Gasteiger partial charge in [-0.25, -0.2) is 0 Å². The molecule has 182 valence electrons. The molecule has 0 aromatic heterocycles. The molecule has 0 fully saturated rings. The van der Waals surface area contributed by atoms with Gasteiger partial charge in [0, 0.05) is 36.7 Å². The number of amides is 1. The van der Waals surface area contributed by atoms with E-state index in [4.69, 9.17) is 4.74 Å². The zero-order valence-corrected chi connectivity index (χ0v) is 19.9. The summed E-state index contributed by atoms with van der Waals surface area (Å²) in [5.74, 6) is 0.321. The second-order valence-electron chi connectivity index (χ2n) is 8.98. The summed E-state index contributed by atoms with van der Waals surface area (Å²) >= 11 is 0. The Morgan fingerprint density at radius 3 is 2.47 bits per heavy atom. The Kier molecular flexibility index (Phi) is 6.01. The molecule has 3 aromatic carbocycles. The Balaban J connectivity index is 1.68. The van der Waals surface area contributed by atoms with Crippen LogP contribution in [0.4, 0.5) is 17.1 Å². The number of hydrogen-bond donors (Lipinski definition) is 1. The van der Waals surface area contributed by atoms with Gasteiger partial charge in [0.1, 0.15) is 5.75 Å². The Morgan fingerprint density at radius 2 is 1.78 bits per heavy atom.